The standard InChI is InChI=1S/C24H25N3O2S/c1-3-13-26(15-18-9-11-21(29-2)12-10-18)16-20-14-23(28)27-22(17-30-24(27)25-20)19-7-5-4-6-8-19/h4-12,14,17H,3,13,15-16H2,1-2H3. The predicted octanol–water partition coefficient (Wildman–Crippen LogP) is 4.84. The summed E-state index contributed by atoms with van der Waals surface area (Å²) in [6.45, 7) is 4.55. The van der Waals surface area contributed by atoms with Crippen molar-refractivity contribution in [2.75, 3.05) is 13.7 Å². The highest BCUT2D eigenvalue weighted by atomic mass is 32.1. The summed E-state index contributed by atoms with van der Waals surface area (Å²) in [5, 5.41) is 2.00. The number of ether oxygens (including phenoxy) is 1. The van der Waals surface area contributed by atoms with Crippen molar-refractivity contribution in [3.8, 4) is 17.0 Å². The van der Waals surface area contributed by atoms with Gasteiger partial charge in [-0.05, 0) is 36.2 Å². The van der Waals surface area contributed by atoms with Gasteiger partial charge in [-0.15, -0.1) is 11.3 Å². The van der Waals surface area contributed by atoms with Gasteiger partial charge in [0.15, 0.2) is 4.96 Å². The highest BCUT2D eigenvalue weighted by Crippen LogP contribution is 2.24. The lowest BCUT2D eigenvalue weighted by Gasteiger charge is -2.21. The molecular formula is C24H25N3O2S. The highest BCUT2D eigenvalue weighted by Gasteiger charge is 2.13. The summed E-state index contributed by atoms with van der Waals surface area (Å²) in [6, 6.07) is 19.8. The second kappa shape index (κ2) is 9.24. The van der Waals surface area contributed by atoms with E-state index in [-0.39, 0.29) is 5.56 Å². The molecule has 0 aliphatic carbocycles. The van der Waals surface area contributed by atoms with Crippen molar-refractivity contribution in [1.29, 1.82) is 0 Å². The largest absolute Gasteiger partial charge is 0.497 e. The lowest BCUT2D eigenvalue weighted by molar-refractivity contribution is 0.254. The maximum atomic E-state index is 12.9. The van der Waals surface area contributed by atoms with Crippen LogP contribution >= 0.6 is 11.3 Å². The van der Waals surface area contributed by atoms with Crippen LogP contribution in [0, 0.1) is 0 Å². The molecule has 4 rings (SSSR count). The van der Waals surface area contributed by atoms with Crippen LogP contribution in [-0.2, 0) is 13.1 Å². The van der Waals surface area contributed by atoms with E-state index in [0.717, 1.165) is 47.2 Å². The fourth-order valence-corrected chi connectivity index (χ4v) is 4.53. The number of fused-ring (bicyclic) bond motifs is 1. The number of rotatable bonds is 8. The molecule has 2 aromatic heterocycles. The van der Waals surface area contributed by atoms with Crippen LogP contribution in [0.2, 0.25) is 0 Å². The molecule has 2 aromatic carbocycles. The van der Waals surface area contributed by atoms with Crippen molar-refractivity contribution in [2.24, 2.45) is 0 Å². The average Bonchev–Trinajstić information content (AvgIpc) is 3.20. The summed E-state index contributed by atoms with van der Waals surface area (Å²) in [5.74, 6) is 0.854. The van der Waals surface area contributed by atoms with Gasteiger partial charge in [-0.2, -0.15) is 0 Å². The molecule has 0 radical (unpaired) electrons. The SMILES string of the molecule is CCCN(Cc1ccc(OC)cc1)Cc1cc(=O)n2c(-c3ccccc3)csc2n1. The maximum absolute atomic E-state index is 12.9. The number of hydrogen-bond acceptors (Lipinski definition) is 5. The van der Waals surface area contributed by atoms with Crippen LogP contribution in [-0.4, -0.2) is 27.9 Å². The Labute approximate surface area is 180 Å². The van der Waals surface area contributed by atoms with E-state index in [2.05, 4.69) is 24.0 Å². The molecule has 0 saturated carbocycles. The van der Waals surface area contributed by atoms with E-state index in [1.54, 1.807) is 17.6 Å². The van der Waals surface area contributed by atoms with Crippen LogP contribution in [0.3, 0.4) is 0 Å². The highest BCUT2D eigenvalue weighted by molar-refractivity contribution is 7.15. The van der Waals surface area contributed by atoms with Gasteiger partial charge in [-0.3, -0.25) is 14.1 Å². The summed E-state index contributed by atoms with van der Waals surface area (Å²) in [4.78, 5) is 20.8. The first-order valence-corrected chi connectivity index (χ1v) is 11.0. The third kappa shape index (κ3) is 4.45. The fraction of sp³-hybridized carbons (Fsp3) is 0.250. The topological polar surface area (TPSA) is 46.8 Å². The van der Waals surface area contributed by atoms with E-state index >= 15 is 0 Å². The van der Waals surface area contributed by atoms with Crippen LogP contribution in [0.15, 0.2) is 70.8 Å². The van der Waals surface area contributed by atoms with Gasteiger partial charge < -0.3 is 4.74 Å². The Morgan fingerprint density at radius 3 is 2.53 bits per heavy atom. The smallest absolute Gasteiger partial charge is 0.259 e. The molecule has 154 valence electrons. The Morgan fingerprint density at radius 2 is 1.83 bits per heavy atom. The van der Waals surface area contributed by atoms with E-state index in [4.69, 9.17) is 9.72 Å². The first-order valence-electron chi connectivity index (χ1n) is 10.1. The Balaban J connectivity index is 1.59. The minimum Gasteiger partial charge on any atom is -0.497 e. The first kappa shape index (κ1) is 20.3. The number of benzene rings is 2. The van der Waals surface area contributed by atoms with E-state index < -0.39 is 0 Å². The number of thiazole rings is 1. The second-order valence-electron chi connectivity index (χ2n) is 7.25. The molecule has 4 aromatic rings. The Morgan fingerprint density at radius 1 is 1.07 bits per heavy atom. The Hall–Kier alpha value is -2.96. The van der Waals surface area contributed by atoms with E-state index in [1.807, 2.05) is 47.8 Å². The summed E-state index contributed by atoms with van der Waals surface area (Å²) in [6.07, 6.45) is 1.04. The molecule has 0 unspecified atom stereocenters. The normalized spacial score (nSPS) is 11.3. The zero-order chi connectivity index (χ0) is 20.9. The van der Waals surface area contributed by atoms with Gasteiger partial charge in [0.1, 0.15) is 5.75 Å². The molecule has 6 heteroatoms. The molecule has 0 aliphatic heterocycles. The van der Waals surface area contributed by atoms with Gasteiger partial charge in [-0.1, -0.05) is 49.4 Å². The minimum absolute atomic E-state index is 0.0315. The Bertz CT molecular complexity index is 1170. The summed E-state index contributed by atoms with van der Waals surface area (Å²) >= 11 is 1.51. The van der Waals surface area contributed by atoms with Crippen LogP contribution in [0.25, 0.3) is 16.2 Å². The quantitative estimate of drug-likeness (QED) is 0.410. The molecule has 0 N–H and O–H groups in total. The van der Waals surface area contributed by atoms with Crippen LogP contribution in [0.1, 0.15) is 24.6 Å². The maximum Gasteiger partial charge on any atom is 0.259 e. The minimum atomic E-state index is -0.0315. The monoisotopic (exact) mass is 419 g/mol. The lowest BCUT2D eigenvalue weighted by Crippen LogP contribution is -2.26. The van der Waals surface area contributed by atoms with Crippen LogP contribution in [0.4, 0.5) is 0 Å². The van der Waals surface area contributed by atoms with Gasteiger partial charge in [0.05, 0.1) is 18.5 Å². The van der Waals surface area contributed by atoms with Gasteiger partial charge >= 0.3 is 0 Å². The lowest BCUT2D eigenvalue weighted by atomic mass is 10.2. The molecule has 0 aliphatic rings. The number of methoxy groups -OCH3 is 1. The van der Waals surface area contributed by atoms with Gasteiger partial charge in [-0.25, -0.2) is 4.98 Å². The van der Waals surface area contributed by atoms with Gasteiger partial charge in [0.2, 0.25) is 0 Å². The zero-order valence-electron chi connectivity index (χ0n) is 17.2. The summed E-state index contributed by atoms with van der Waals surface area (Å²) < 4.78 is 6.95. The third-order valence-corrected chi connectivity index (χ3v) is 5.84. The molecular weight excluding hydrogens is 394 g/mol. The van der Waals surface area contributed by atoms with Crippen molar-refractivity contribution in [1.82, 2.24) is 14.3 Å². The molecule has 0 saturated heterocycles. The summed E-state index contributed by atoms with van der Waals surface area (Å²) in [7, 11) is 1.67. The molecule has 5 nitrogen and oxygen atoms in total. The molecule has 0 atom stereocenters. The van der Waals surface area contributed by atoms with E-state index in [0.29, 0.717) is 6.54 Å². The predicted molar refractivity (Wildman–Crippen MR) is 122 cm³/mol. The van der Waals surface area contributed by atoms with Crippen molar-refractivity contribution in [3.63, 3.8) is 0 Å². The molecule has 0 fully saturated rings. The van der Waals surface area contributed by atoms with Crippen LogP contribution in [0.5, 0.6) is 5.75 Å². The van der Waals surface area contributed by atoms with Crippen molar-refractivity contribution < 1.29 is 4.74 Å². The Kier molecular flexibility index (Phi) is 6.26. The molecule has 0 spiro atoms. The zero-order valence-corrected chi connectivity index (χ0v) is 18.1. The molecule has 30 heavy (non-hydrogen) atoms. The average molecular weight is 420 g/mol. The fourth-order valence-electron chi connectivity index (χ4n) is 3.60. The van der Waals surface area contributed by atoms with Crippen molar-refractivity contribution in [2.45, 2.75) is 26.4 Å². The molecule has 2 heterocycles. The van der Waals surface area contributed by atoms with Gasteiger partial charge in [0.25, 0.3) is 5.56 Å². The number of nitrogens with zero attached hydrogens (tertiary/aromatic N) is 3. The molecule has 0 bridgehead atoms. The summed E-state index contributed by atoms with van der Waals surface area (Å²) in [5.41, 5.74) is 3.90. The van der Waals surface area contributed by atoms with E-state index in [1.165, 1.54) is 16.9 Å². The van der Waals surface area contributed by atoms with Gasteiger partial charge in [0, 0.05) is 24.5 Å². The number of aromatic nitrogens is 2. The van der Waals surface area contributed by atoms with Crippen molar-refractivity contribution >= 4 is 16.3 Å². The van der Waals surface area contributed by atoms with Crippen molar-refractivity contribution in [3.05, 3.63) is 87.7 Å². The van der Waals surface area contributed by atoms with Crippen LogP contribution < -0.4 is 10.3 Å². The molecule has 0 amide bonds. The second-order valence-corrected chi connectivity index (χ2v) is 8.09. The number of hydrogen-bond donors (Lipinski definition) is 0. The van der Waals surface area contributed by atoms with E-state index in [9.17, 15) is 4.79 Å². The first-order chi connectivity index (χ1) is 14.7. The third-order valence-electron chi connectivity index (χ3n) is 5.02.